The fourth-order valence-electron chi connectivity index (χ4n) is 3.50. The van der Waals surface area contributed by atoms with E-state index in [1.165, 1.54) is 18.2 Å². The van der Waals surface area contributed by atoms with Crippen LogP contribution in [0.5, 0.6) is 5.75 Å². The molecule has 0 saturated heterocycles. The first-order valence-corrected chi connectivity index (χ1v) is 9.49. The van der Waals surface area contributed by atoms with Crippen LogP contribution in [0, 0.1) is 27.9 Å². The molecule has 0 aliphatic heterocycles. The van der Waals surface area contributed by atoms with Crippen molar-refractivity contribution < 1.29 is 28.7 Å². The molecule has 0 heterocycles. The average Bonchev–Trinajstić information content (AvgIpc) is 2.64. The number of para-hydroxylation sites is 2. The van der Waals surface area contributed by atoms with Crippen molar-refractivity contribution >= 4 is 17.6 Å². The molecular weight excluding hydrogens is 366 g/mol. The number of nitro benzene ring substituents is 1. The molecule has 1 fully saturated rings. The fourth-order valence-corrected chi connectivity index (χ4v) is 3.50. The SMILES string of the molecule is CC(C)[C@@H]1CC[C@H](C)C[C@H]1OC(=O)COC(=O)COc1ccccc1[N+](=O)[O-]. The van der Waals surface area contributed by atoms with Crippen LogP contribution in [0.4, 0.5) is 5.69 Å². The number of rotatable bonds is 8. The lowest BCUT2D eigenvalue weighted by molar-refractivity contribution is -0.385. The third kappa shape index (κ3) is 6.21. The Balaban J connectivity index is 1.79. The minimum Gasteiger partial charge on any atom is -0.475 e. The van der Waals surface area contributed by atoms with Crippen molar-refractivity contribution in [2.24, 2.45) is 17.8 Å². The van der Waals surface area contributed by atoms with Crippen LogP contribution in [0.3, 0.4) is 0 Å². The standard InChI is InChI=1S/C20H27NO7/c1-13(2)15-9-8-14(3)10-18(15)28-20(23)12-27-19(22)11-26-17-7-5-4-6-16(17)21(24)25/h4-7,13-15,18H,8-12H2,1-3H3/t14-,15-,18+/m0/s1. The Labute approximate surface area is 164 Å². The minimum absolute atomic E-state index is 0.0389. The lowest BCUT2D eigenvalue weighted by Gasteiger charge is -2.36. The first-order chi connectivity index (χ1) is 13.3. The number of hydrogen-bond acceptors (Lipinski definition) is 7. The van der Waals surface area contributed by atoms with E-state index >= 15 is 0 Å². The van der Waals surface area contributed by atoms with Gasteiger partial charge in [0, 0.05) is 6.07 Å². The highest BCUT2D eigenvalue weighted by Crippen LogP contribution is 2.35. The van der Waals surface area contributed by atoms with Gasteiger partial charge in [0.05, 0.1) is 4.92 Å². The zero-order valence-corrected chi connectivity index (χ0v) is 16.5. The second kappa shape index (κ2) is 10.1. The third-order valence-corrected chi connectivity index (χ3v) is 5.00. The zero-order valence-electron chi connectivity index (χ0n) is 16.5. The normalized spacial score (nSPS) is 21.8. The number of carbonyl (C=O) groups excluding carboxylic acids is 2. The maximum absolute atomic E-state index is 12.1. The number of benzene rings is 1. The Hall–Kier alpha value is -2.64. The van der Waals surface area contributed by atoms with Crippen LogP contribution in [-0.4, -0.2) is 36.2 Å². The molecule has 2 rings (SSSR count). The second-order valence-corrected chi connectivity index (χ2v) is 7.53. The lowest BCUT2D eigenvalue weighted by atomic mass is 9.75. The van der Waals surface area contributed by atoms with Crippen LogP contribution < -0.4 is 4.74 Å². The predicted molar refractivity (Wildman–Crippen MR) is 101 cm³/mol. The molecule has 154 valence electrons. The van der Waals surface area contributed by atoms with Crippen molar-refractivity contribution in [3.8, 4) is 5.75 Å². The highest BCUT2D eigenvalue weighted by Gasteiger charge is 2.33. The highest BCUT2D eigenvalue weighted by molar-refractivity contribution is 5.77. The molecular formula is C20H27NO7. The average molecular weight is 393 g/mol. The van der Waals surface area contributed by atoms with Gasteiger partial charge in [0.2, 0.25) is 0 Å². The van der Waals surface area contributed by atoms with Crippen LogP contribution in [0.15, 0.2) is 24.3 Å². The van der Waals surface area contributed by atoms with Gasteiger partial charge in [-0.1, -0.05) is 39.3 Å². The number of ether oxygens (including phenoxy) is 3. The quantitative estimate of drug-likeness (QED) is 0.378. The first kappa shape index (κ1) is 21.7. The van der Waals surface area contributed by atoms with Gasteiger partial charge >= 0.3 is 17.6 Å². The van der Waals surface area contributed by atoms with E-state index in [9.17, 15) is 19.7 Å². The Bertz CT molecular complexity index is 704. The fraction of sp³-hybridized carbons (Fsp3) is 0.600. The summed E-state index contributed by atoms with van der Waals surface area (Å²) >= 11 is 0. The Morgan fingerprint density at radius 1 is 1.18 bits per heavy atom. The van der Waals surface area contributed by atoms with E-state index in [1.807, 2.05) is 0 Å². The van der Waals surface area contributed by atoms with Gasteiger partial charge in [-0.3, -0.25) is 10.1 Å². The van der Waals surface area contributed by atoms with Crippen molar-refractivity contribution in [3.05, 3.63) is 34.4 Å². The van der Waals surface area contributed by atoms with E-state index < -0.39 is 30.1 Å². The topological polar surface area (TPSA) is 105 Å². The second-order valence-electron chi connectivity index (χ2n) is 7.53. The van der Waals surface area contributed by atoms with Crippen LogP contribution in [0.25, 0.3) is 0 Å². The molecule has 0 radical (unpaired) electrons. The number of nitro groups is 1. The van der Waals surface area contributed by atoms with Gasteiger partial charge in [-0.15, -0.1) is 0 Å². The minimum atomic E-state index is -0.799. The summed E-state index contributed by atoms with van der Waals surface area (Å²) in [5.41, 5.74) is -0.249. The van der Waals surface area contributed by atoms with Gasteiger partial charge < -0.3 is 14.2 Å². The smallest absolute Gasteiger partial charge is 0.344 e. The number of esters is 2. The van der Waals surface area contributed by atoms with Crippen molar-refractivity contribution in [1.82, 2.24) is 0 Å². The van der Waals surface area contributed by atoms with Gasteiger partial charge in [-0.2, -0.15) is 0 Å². The van der Waals surface area contributed by atoms with Crippen molar-refractivity contribution in [2.45, 2.75) is 46.1 Å². The number of carbonyl (C=O) groups is 2. The van der Waals surface area contributed by atoms with E-state index in [-0.39, 0.29) is 17.5 Å². The van der Waals surface area contributed by atoms with Crippen LogP contribution >= 0.6 is 0 Å². The van der Waals surface area contributed by atoms with Crippen molar-refractivity contribution in [2.75, 3.05) is 13.2 Å². The van der Waals surface area contributed by atoms with Crippen LogP contribution in [0.2, 0.25) is 0 Å². The molecule has 8 heteroatoms. The van der Waals surface area contributed by atoms with Crippen molar-refractivity contribution in [1.29, 1.82) is 0 Å². The summed E-state index contributed by atoms with van der Waals surface area (Å²) in [4.78, 5) is 34.2. The van der Waals surface area contributed by atoms with E-state index in [4.69, 9.17) is 14.2 Å². The molecule has 8 nitrogen and oxygen atoms in total. The summed E-state index contributed by atoms with van der Waals surface area (Å²) in [7, 11) is 0. The Morgan fingerprint density at radius 3 is 2.57 bits per heavy atom. The Kier molecular flexibility index (Phi) is 7.78. The molecule has 1 aromatic rings. The van der Waals surface area contributed by atoms with E-state index in [0.717, 1.165) is 19.3 Å². The molecule has 1 aromatic carbocycles. The lowest BCUT2D eigenvalue weighted by Crippen LogP contribution is -2.37. The van der Waals surface area contributed by atoms with E-state index in [1.54, 1.807) is 6.07 Å². The maximum Gasteiger partial charge on any atom is 0.344 e. The third-order valence-electron chi connectivity index (χ3n) is 5.00. The van der Waals surface area contributed by atoms with Gasteiger partial charge in [0.1, 0.15) is 6.10 Å². The maximum atomic E-state index is 12.1. The summed E-state index contributed by atoms with van der Waals surface area (Å²) in [6, 6.07) is 5.71. The molecule has 0 spiro atoms. The molecule has 3 atom stereocenters. The molecule has 1 saturated carbocycles. The molecule has 1 aliphatic carbocycles. The Morgan fingerprint density at radius 2 is 1.89 bits per heavy atom. The van der Waals surface area contributed by atoms with Crippen LogP contribution in [-0.2, 0) is 19.1 Å². The molecule has 28 heavy (non-hydrogen) atoms. The summed E-state index contributed by atoms with van der Waals surface area (Å²) in [5.74, 6) is -0.231. The summed E-state index contributed by atoms with van der Waals surface area (Å²) in [6.45, 7) is 5.32. The van der Waals surface area contributed by atoms with E-state index in [0.29, 0.717) is 17.8 Å². The number of nitrogens with zero attached hydrogens (tertiary/aromatic N) is 1. The molecule has 0 bridgehead atoms. The van der Waals surface area contributed by atoms with Crippen molar-refractivity contribution in [3.63, 3.8) is 0 Å². The summed E-state index contributed by atoms with van der Waals surface area (Å²) < 4.78 is 15.6. The van der Waals surface area contributed by atoms with Gasteiger partial charge in [0.15, 0.2) is 19.0 Å². The largest absolute Gasteiger partial charge is 0.475 e. The van der Waals surface area contributed by atoms with Gasteiger partial charge in [-0.05, 0) is 36.7 Å². The summed E-state index contributed by atoms with van der Waals surface area (Å²) in [5, 5.41) is 10.9. The number of hydrogen-bond donors (Lipinski definition) is 0. The van der Waals surface area contributed by atoms with Gasteiger partial charge in [0.25, 0.3) is 0 Å². The van der Waals surface area contributed by atoms with E-state index in [2.05, 4.69) is 20.8 Å². The molecule has 0 aromatic heterocycles. The monoisotopic (exact) mass is 393 g/mol. The summed E-state index contributed by atoms with van der Waals surface area (Å²) in [6.07, 6.45) is 2.77. The van der Waals surface area contributed by atoms with Crippen LogP contribution in [0.1, 0.15) is 40.0 Å². The highest BCUT2D eigenvalue weighted by atomic mass is 16.6. The van der Waals surface area contributed by atoms with Gasteiger partial charge in [-0.25, -0.2) is 9.59 Å². The first-order valence-electron chi connectivity index (χ1n) is 9.49. The molecule has 0 unspecified atom stereocenters. The predicted octanol–water partition coefficient (Wildman–Crippen LogP) is 3.52. The molecule has 1 aliphatic rings. The molecule has 0 N–H and O–H groups in total. The zero-order chi connectivity index (χ0) is 20.7. The molecule has 0 amide bonds.